The number of aromatic nitrogens is 2. The second kappa shape index (κ2) is 5.42. The maximum atomic E-state index is 12.8. The molecule has 0 radical (unpaired) electrons. The van der Waals surface area contributed by atoms with Crippen LogP contribution < -0.4 is 0 Å². The lowest BCUT2D eigenvalue weighted by atomic mass is 9.94. The van der Waals surface area contributed by atoms with Crippen molar-refractivity contribution in [2.45, 2.75) is 49.6 Å². The molecule has 0 spiro atoms. The molecule has 21 heavy (non-hydrogen) atoms. The number of rotatable bonds is 4. The van der Waals surface area contributed by atoms with E-state index < -0.39 is 16.0 Å². The van der Waals surface area contributed by atoms with Gasteiger partial charge in [0.05, 0.1) is 6.20 Å². The average Bonchev–Trinajstić information content (AvgIpc) is 3.05. The van der Waals surface area contributed by atoms with E-state index in [1.165, 1.54) is 12.4 Å². The van der Waals surface area contributed by atoms with Gasteiger partial charge in [-0.15, -0.1) is 0 Å². The third kappa shape index (κ3) is 2.69. The summed E-state index contributed by atoms with van der Waals surface area (Å²) in [5.74, 6) is -0.571. The van der Waals surface area contributed by atoms with Crippen molar-refractivity contribution in [1.82, 2.24) is 14.1 Å². The predicted octanol–water partition coefficient (Wildman–Crippen LogP) is 0.921. The maximum Gasteiger partial charge on any atom is 0.325 e. The smallest absolute Gasteiger partial charge is 0.325 e. The van der Waals surface area contributed by atoms with E-state index in [0.717, 1.165) is 36.8 Å². The van der Waals surface area contributed by atoms with Gasteiger partial charge in [0.2, 0.25) is 10.0 Å². The molecule has 3 rings (SSSR count). The van der Waals surface area contributed by atoms with Gasteiger partial charge in [-0.25, -0.2) is 8.42 Å². The molecule has 116 valence electrons. The first-order valence-electron chi connectivity index (χ1n) is 7.24. The van der Waals surface area contributed by atoms with Crippen LogP contribution in [0.4, 0.5) is 0 Å². The van der Waals surface area contributed by atoms with Crippen molar-refractivity contribution in [3.8, 4) is 0 Å². The summed E-state index contributed by atoms with van der Waals surface area (Å²) in [6.45, 7) is 0.217. The van der Waals surface area contributed by atoms with Crippen LogP contribution in [0.15, 0.2) is 17.3 Å². The molecule has 1 saturated heterocycles. The SMILES string of the molecule is O=C(O)Cn1cc(S(=O)(=O)N2CCCC3CCCC32)cn1. The van der Waals surface area contributed by atoms with Crippen LogP contribution >= 0.6 is 0 Å². The van der Waals surface area contributed by atoms with Gasteiger partial charge >= 0.3 is 5.97 Å². The first-order chi connectivity index (χ1) is 9.98. The summed E-state index contributed by atoms with van der Waals surface area (Å²) in [6, 6.07) is 0.103. The number of fused-ring (bicyclic) bond motifs is 1. The molecule has 1 aliphatic carbocycles. The van der Waals surface area contributed by atoms with Gasteiger partial charge in [-0.1, -0.05) is 6.42 Å². The fourth-order valence-electron chi connectivity index (χ4n) is 3.54. The molecular formula is C13H19N3O4S. The Hall–Kier alpha value is -1.41. The average molecular weight is 313 g/mol. The highest BCUT2D eigenvalue weighted by Crippen LogP contribution is 2.39. The fourth-order valence-corrected chi connectivity index (χ4v) is 5.25. The summed E-state index contributed by atoms with van der Waals surface area (Å²) in [4.78, 5) is 10.8. The van der Waals surface area contributed by atoms with Crippen molar-refractivity contribution in [3.05, 3.63) is 12.4 Å². The molecule has 2 fully saturated rings. The van der Waals surface area contributed by atoms with E-state index >= 15 is 0 Å². The Kier molecular flexibility index (Phi) is 3.75. The van der Waals surface area contributed by atoms with Gasteiger partial charge in [0.15, 0.2) is 0 Å². The van der Waals surface area contributed by atoms with Crippen LogP contribution in [0, 0.1) is 5.92 Å². The molecule has 7 nitrogen and oxygen atoms in total. The zero-order valence-electron chi connectivity index (χ0n) is 11.7. The molecule has 0 amide bonds. The quantitative estimate of drug-likeness (QED) is 0.892. The lowest BCUT2D eigenvalue weighted by molar-refractivity contribution is -0.137. The lowest BCUT2D eigenvalue weighted by Gasteiger charge is -2.36. The monoisotopic (exact) mass is 313 g/mol. The summed E-state index contributed by atoms with van der Waals surface area (Å²) < 4.78 is 28.3. The van der Waals surface area contributed by atoms with Crippen molar-refractivity contribution in [2.24, 2.45) is 5.92 Å². The molecular weight excluding hydrogens is 294 g/mol. The highest BCUT2D eigenvalue weighted by molar-refractivity contribution is 7.89. The van der Waals surface area contributed by atoms with Crippen LogP contribution in [-0.4, -0.2) is 46.2 Å². The Bertz CT molecular complexity index is 640. The van der Waals surface area contributed by atoms with E-state index in [-0.39, 0.29) is 17.5 Å². The number of aliphatic carboxylic acids is 1. The minimum atomic E-state index is -3.57. The largest absolute Gasteiger partial charge is 0.480 e. The Morgan fingerprint density at radius 3 is 2.86 bits per heavy atom. The summed E-state index contributed by atoms with van der Waals surface area (Å²) >= 11 is 0. The predicted molar refractivity (Wildman–Crippen MR) is 74.1 cm³/mol. The molecule has 8 heteroatoms. The lowest BCUT2D eigenvalue weighted by Crippen LogP contribution is -2.45. The minimum absolute atomic E-state index is 0.0938. The molecule has 1 aliphatic heterocycles. The van der Waals surface area contributed by atoms with Gasteiger partial charge in [0, 0.05) is 18.8 Å². The van der Waals surface area contributed by atoms with Gasteiger partial charge in [-0.3, -0.25) is 9.48 Å². The van der Waals surface area contributed by atoms with Gasteiger partial charge < -0.3 is 5.11 Å². The summed E-state index contributed by atoms with van der Waals surface area (Å²) in [6.07, 6.45) is 7.67. The van der Waals surface area contributed by atoms with Crippen LogP contribution in [0.25, 0.3) is 0 Å². The molecule has 1 aromatic rings. The fraction of sp³-hybridized carbons (Fsp3) is 0.692. The van der Waals surface area contributed by atoms with Gasteiger partial charge in [0.1, 0.15) is 11.4 Å². The van der Waals surface area contributed by atoms with Crippen molar-refractivity contribution >= 4 is 16.0 Å². The molecule has 2 atom stereocenters. The molecule has 2 unspecified atom stereocenters. The molecule has 1 saturated carbocycles. The van der Waals surface area contributed by atoms with E-state index in [0.29, 0.717) is 12.5 Å². The second-order valence-corrected chi connectivity index (χ2v) is 7.67. The minimum Gasteiger partial charge on any atom is -0.480 e. The second-order valence-electron chi connectivity index (χ2n) is 5.78. The summed E-state index contributed by atoms with van der Waals surface area (Å²) in [5.41, 5.74) is 0. The van der Waals surface area contributed by atoms with E-state index in [4.69, 9.17) is 5.11 Å². The first-order valence-corrected chi connectivity index (χ1v) is 8.68. The van der Waals surface area contributed by atoms with E-state index in [1.807, 2.05) is 0 Å². The molecule has 1 N–H and O–H groups in total. The number of carboxylic acid groups (broad SMARTS) is 1. The number of carbonyl (C=O) groups is 1. The Morgan fingerprint density at radius 2 is 2.10 bits per heavy atom. The zero-order valence-corrected chi connectivity index (χ0v) is 12.5. The third-order valence-electron chi connectivity index (χ3n) is 4.46. The molecule has 2 heterocycles. The zero-order chi connectivity index (χ0) is 15.0. The molecule has 0 aromatic carbocycles. The molecule has 0 bridgehead atoms. The van der Waals surface area contributed by atoms with E-state index in [1.54, 1.807) is 4.31 Å². The van der Waals surface area contributed by atoms with Crippen molar-refractivity contribution in [1.29, 1.82) is 0 Å². The topological polar surface area (TPSA) is 92.5 Å². The van der Waals surface area contributed by atoms with Crippen LogP contribution in [-0.2, 0) is 21.4 Å². The van der Waals surface area contributed by atoms with Gasteiger partial charge in [-0.2, -0.15) is 9.40 Å². The Labute approximate surface area is 123 Å². The number of piperidine rings is 1. The van der Waals surface area contributed by atoms with Crippen LogP contribution in [0.1, 0.15) is 32.1 Å². The van der Waals surface area contributed by atoms with Crippen molar-refractivity contribution in [3.63, 3.8) is 0 Å². The summed E-state index contributed by atoms with van der Waals surface area (Å²) in [5, 5.41) is 12.6. The normalized spacial score (nSPS) is 26.7. The maximum absolute atomic E-state index is 12.8. The Balaban J connectivity index is 1.85. The number of hydrogen-bond donors (Lipinski definition) is 1. The van der Waals surface area contributed by atoms with Gasteiger partial charge in [0.25, 0.3) is 0 Å². The van der Waals surface area contributed by atoms with E-state index in [9.17, 15) is 13.2 Å². The molecule has 2 aliphatic rings. The summed E-state index contributed by atoms with van der Waals surface area (Å²) in [7, 11) is -3.57. The van der Waals surface area contributed by atoms with Crippen LogP contribution in [0.2, 0.25) is 0 Å². The number of sulfonamides is 1. The Morgan fingerprint density at radius 1 is 1.33 bits per heavy atom. The van der Waals surface area contributed by atoms with Gasteiger partial charge in [-0.05, 0) is 31.6 Å². The molecule has 1 aromatic heterocycles. The van der Waals surface area contributed by atoms with Crippen molar-refractivity contribution in [2.75, 3.05) is 6.54 Å². The van der Waals surface area contributed by atoms with E-state index in [2.05, 4.69) is 5.10 Å². The third-order valence-corrected chi connectivity index (χ3v) is 6.33. The van der Waals surface area contributed by atoms with Crippen LogP contribution in [0.5, 0.6) is 0 Å². The first kappa shape index (κ1) is 14.5. The number of nitrogens with zero attached hydrogens (tertiary/aromatic N) is 3. The standard InChI is InChI=1S/C13H19N3O4S/c17-13(18)9-15-8-11(7-14-15)21(19,20)16-6-2-4-10-3-1-5-12(10)16/h7-8,10,12H,1-6,9H2,(H,17,18). The number of hydrogen-bond acceptors (Lipinski definition) is 4. The number of carboxylic acids is 1. The highest BCUT2D eigenvalue weighted by Gasteiger charge is 2.41. The van der Waals surface area contributed by atoms with Crippen molar-refractivity contribution < 1.29 is 18.3 Å². The highest BCUT2D eigenvalue weighted by atomic mass is 32.2. The van der Waals surface area contributed by atoms with Crippen LogP contribution in [0.3, 0.4) is 0 Å².